The molecular formula is C17H27BN2O3. The van der Waals surface area contributed by atoms with Crippen LogP contribution in [0.15, 0.2) is 28.3 Å². The van der Waals surface area contributed by atoms with Crippen LogP contribution in [0.5, 0.6) is 0 Å². The molecule has 0 spiro atoms. The number of nitrogens with zero attached hydrogens (tertiary/aromatic N) is 2. The van der Waals surface area contributed by atoms with Gasteiger partial charge in [-0.25, -0.2) is 4.99 Å². The van der Waals surface area contributed by atoms with Gasteiger partial charge in [0.1, 0.15) is 6.61 Å². The third kappa shape index (κ3) is 5.80. The molecule has 0 saturated carbocycles. The molecule has 23 heavy (non-hydrogen) atoms. The van der Waals surface area contributed by atoms with E-state index in [1.807, 2.05) is 39.0 Å². The highest BCUT2D eigenvalue weighted by atomic mass is 16.6. The van der Waals surface area contributed by atoms with Crippen molar-refractivity contribution >= 4 is 25.5 Å². The average Bonchev–Trinajstić information content (AvgIpc) is 2.46. The first-order chi connectivity index (χ1) is 10.6. The van der Waals surface area contributed by atoms with Crippen molar-refractivity contribution in [3.8, 4) is 0 Å². The van der Waals surface area contributed by atoms with Gasteiger partial charge in [0, 0.05) is 0 Å². The van der Waals surface area contributed by atoms with Crippen LogP contribution < -0.4 is 5.46 Å². The SMILES string of the molecule is C=N/C(C)=N\OCc1ccc(C)c(BOC(C)(C)C(C)(C)O)c1. The topological polar surface area (TPSA) is 63.4 Å². The summed E-state index contributed by atoms with van der Waals surface area (Å²) in [5, 5.41) is 14.0. The molecule has 1 N–H and O–H groups in total. The van der Waals surface area contributed by atoms with Gasteiger partial charge in [-0.1, -0.05) is 28.9 Å². The summed E-state index contributed by atoms with van der Waals surface area (Å²) < 4.78 is 5.93. The van der Waals surface area contributed by atoms with Crippen LogP contribution in [0.2, 0.25) is 0 Å². The zero-order valence-corrected chi connectivity index (χ0v) is 15.0. The molecule has 0 radical (unpaired) electrons. The van der Waals surface area contributed by atoms with Gasteiger partial charge < -0.3 is 14.6 Å². The van der Waals surface area contributed by atoms with Crippen molar-refractivity contribution < 1.29 is 14.6 Å². The Morgan fingerprint density at radius 1 is 1.30 bits per heavy atom. The molecule has 1 aromatic carbocycles. The Balaban J connectivity index is 2.76. The van der Waals surface area contributed by atoms with Gasteiger partial charge in [0.2, 0.25) is 0 Å². The zero-order chi connectivity index (χ0) is 17.7. The molecule has 0 aliphatic rings. The molecule has 0 saturated heterocycles. The highest BCUT2D eigenvalue weighted by Crippen LogP contribution is 2.24. The van der Waals surface area contributed by atoms with Crippen LogP contribution in [-0.4, -0.2) is 36.3 Å². The summed E-state index contributed by atoms with van der Waals surface area (Å²) in [4.78, 5) is 8.90. The molecule has 0 unspecified atom stereocenters. The van der Waals surface area contributed by atoms with Gasteiger partial charge in [-0.05, 0) is 59.3 Å². The zero-order valence-electron chi connectivity index (χ0n) is 15.0. The van der Waals surface area contributed by atoms with Crippen LogP contribution in [0.25, 0.3) is 0 Å². The van der Waals surface area contributed by atoms with E-state index in [2.05, 4.69) is 16.9 Å². The lowest BCUT2D eigenvalue weighted by atomic mass is 9.80. The van der Waals surface area contributed by atoms with Gasteiger partial charge in [-0.2, -0.15) is 0 Å². The van der Waals surface area contributed by atoms with E-state index in [0.29, 0.717) is 19.9 Å². The summed E-state index contributed by atoms with van der Waals surface area (Å²) in [6, 6.07) is 6.05. The van der Waals surface area contributed by atoms with Crippen molar-refractivity contribution in [1.82, 2.24) is 0 Å². The maximum Gasteiger partial charge on any atom is 0.309 e. The first-order valence-corrected chi connectivity index (χ1v) is 7.65. The minimum absolute atomic E-state index is 0.356. The number of aryl methyl sites for hydroxylation is 1. The molecule has 0 heterocycles. The molecule has 6 heteroatoms. The van der Waals surface area contributed by atoms with Gasteiger partial charge in [-0.15, -0.1) is 0 Å². The van der Waals surface area contributed by atoms with Crippen molar-refractivity contribution in [2.45, 2.75) is 59.4 Å². The molecule has 1 aromatic rings. The van der Waals surface area contributed by atoms with E-state index in [1.54, 1.807) is 20.8 Å². The fourth-order valence-corrected chi connectivity index (χ4v) is 1.63. The predicted molar refractivity (Wildman–Crippen MR) is 96.9 cm³/mol. The van der Waals surface area contributed by atoms with E-state index in [-0.39, 0.29) is 0 Å². The Bertz CT molecular complexity index is 578. The molecule has 1 rings (SSSR count). The molecule has 0 amide bonds. The first-order valence-electron chi connectivity index (χ1n) is 7.65. The summed E-state index contributed by atoms with van der Waals surface area (Å²) in [6.45, 7) is 14.8. The number of benzene rings is 1. The van der Waals surface area contributed by atoms with Crippen LogP contribution in [-0.2, 0) is 16.1 Å². The summed E-state index contributed by atoms with van der Waals surface area (Å²) >= 11 is 0. The lowest BCUT2D eigenvalue weighted by Crippen LogP contribution is -2.49. The number of hydrogen-bond donors (Lipinski definition) is 1. The summed E-state index contributed by atoms with van der Waals surface area (Å²) in [5.74, 6) is 0.493. The number of oxime groups is 1. The standard InChI is InChI=1S/C17H27BN2O3/c1-12-8-9-14(11-22-20-13(2)19-7)10-15(12)18-23-17(5,6)16(3,4)21/h8-10,18,21H,7,11H2,1-6H3/b20-13-. The van der Waals surface area contributed by atoms with Crippen molar-refractivity contribution in [3.63, 3.8) is 0 Å². The third-order valence-corrected chi connectivity index (χ3v) is 4.13. The van der Waals surface area contributed by atoms with Crippen LogP contribution in [0.3, 0.4) is 0 Å². The molecule has 0 aliphatic carbocycles. The summed E-state index contributed by atoms with van der Waals surface area (Å²) in [5.41, 5.74) is 1.61. The Hall–Kier alpha value is -1.66. The maximum absolute atomic E-state index is 10.2. The molecule has 0 fully saturated rings. The van der Waals surface area contributed by atoms with Crippen molar-refractivity contribution in [1.29, 1.82) is 0 Å². The van der Waals surface area contributed by atoms with E-state index in [9.17, 15) is 5.11 Å². The summed E-state index contributed by atoms with van der Waals surface area (Å²) in [7, 11) is 0.424. The lowest BCUT2D eigenvalue weighted by molar-refractivity contribution is -0.0893. The van der Waals surface area contributed by atoms with Gasteiger partial charge in [0.15, 0.2) is 5.84 Å². The fourth-order valence-electron chi connectivity index (χ4n) is 1.63. The maximum atomic E-state index is 10.2. The Morgan fingerprint density at radius 3 is 2.52 bits per heavy atom. The molecule has 0 aromatic heterocycles. The van der Waals surface area contributed by atoms with Crippen molar-refractivity contribution in [2.75, 3.05) is 0 Å². The van der Waals surface area contributed by atoms with Crippen molar-refractivity contribution in [3.05, 3.63) is 29.3 Å². The summed E-state index contributed by atoms with van der Waals surface area (Å²) in [6.07, 6.45) is 0. The average molecular weight is 318 g/mol. The van der Waals surface area contributed by atoms with Gasteiger partial charge in [0.05, 0.1) is 11.2 Å². The van der Waals surface area contributed by atoms with Crippen LogP contribution >= 0.6 is 0 Å². The normalized spacial score (nSPS) is 12.9. The Morgan fingerprint density at radius 2 is 1.96 bits per heavy atom. The smallest absolute Gasteiger partial charge is 0.309 e. The number of amidine groups is 1. The molecule has 0 aliphatic heterocycles. The van der Waals surface area contributed by atoms with E-state index >= 15 is 0 Å². The monoisotopic (exact) mass is 318 g/mol. The highest BCUT2D eigenvalue weighted by Gasteiger charge is 2.35. The second kappa shape index (κ2) is 7.75. The Labute approximate surface area is 139 Å². The van der Waals surface area contributed by atoms with E-state index in [0.717, 1.165) is 16.6 Å². The second-order valence-corrected chi connectivity index (χ2v) is 6.69. The predicted octanol–water partition coefficient (Wildman–Crippen LogP) is 2.09. The van der Waals surface area contributed by atoms with Crippen LogP contribution in [0.4, 0.5) is 0 Å². The third-order valence-electron chi connectivity index (χ3n) is 4.13. The minimum atomic E-state index is -0.925. The Kier molecular flexibility index (Phi) is 6.53. The molecule has 126 valence electrons. The van der Waals surface area contributed by atoms with Gasteiger partial charge in [-0.3, -0.25) is 0 Å². The molecule has 0 atom stereocenters. The number of aliphatic imine (C=N–C) groups is 1. The van der Waals surface area contributed by atoms with E-state index in [1.165, 1.54) is 0 Å². The van der Waals surface area contributed by atoms with E-state index < -0.39 is 11.2 Å². The first kappa shape index (κ1) is 19.4. The fraction of sp³-hybridized carbons (Fsp3) is 0.529. The number of aliphatic hydroxyl groups is 1. The number of hydrogen-bond acceptors (Lipinski definition) is 4. The minimum Gasteiger partial charge on any atom is -0.427 e. The quantitative estimate of drug-likeness (QED) is 0.362. The van der Waals surface area contributed by atoms with Crippen LogP contribution in [0, 0.1) is 6.92 Å². The second-order valence-electron chi connectivity index (χ2n) is 6.69. The molecular weight excluding hydrogens is 291 g/mol. The van der Waals surface area contributed by atoms with Crippen molar-refractivity contribution in [2.24, 2.45) is 10.1 Å². The lowest BCUT2D eigenvalue weighted by Gasteiger charge is -2.37. The van der Waals surface area contributed by atoms with Gasteiger partial charge in [0.25, 0.3) is 0 Å². The van der Waals surface area contributed by atoms with E-state index in [4.69, 9.17) is 9.49 Å². The largest absolute Gasteiger partial charge is 0.427 e. The molecule has 0 bridgehead atoms. The highest BCUT2D eigenvalue weighted by molar-refractivity contribution is 6.47. The van der Waals surface area contributed by atoms with Crippen LogP contribution in [0.1, 0.15) is 45.7 Å². The number of rotatable bonds is 7. The molecule has 5 nitrogen and oxygen atoms in total. The van der Waals surface area contributed by atoms with Gasteiger partial charge >= 0.3 is 7.48 Å².